The van der Waals surface area contributed by atoms with Crippen molar-refractivity contribution in [1.82, 2.24) is 9.80 Å². The zero-order valence-corrected chi connectivity index (χ0v) is 12.7. The maximum absolute atomic E-state index is 12.1. The molecule has 2 aliphatic rings. The molecular weight excluding hydrogens is 282 g/mol. The van der Waals surface area contributed by atoms with Crippen molar-refractivity contribution in [2.45, 2.75) is 25.9 Å². The number of nitrogens with two attached hydrogens (primary N) is 1. The first-order chi connectivity index (χ1) is 9.13. The predicted molar refractivity (Wildman–Crippen MR) is 77.6 cm³/mol. The minimum atomic E-state index is -0.259. The van der Waals surface area contributed by atoms with Crippen molar-refractivity contribution in [3.63, 3.8) is 0 Å². The second-order valence-electron chi connectivity index (χ2n) is 5.29. The van der Waals surface area contributed by atoms with Gasteiger partial charge >= 0.3 is 0 Å². The van der Waals surface area contributed by atoms with Gasteiger partial charge in [0.2, 0.25) is 5.91 Å². The molecule has 2 unspecified atom stereocenters. The third-order valence-electron chi connectivity index (χ3n) is 3.88. The van der Waals surface area contributed by atoms with Crippen LogP contribution < -0.4 is 5.73 Å². The van der Waals surface area contributed by atoms with Crippen LogP contribution in [0, 0.1) is 5.92 Å². The van der Waals surface area contributed by atoms with Gasteiger partial charge in [0.1, 0.15) is 6.10 Å². The molecule has 2 saturated heterocycles. The summed E-state index contributed by atoms with van der Waals surface area (Å²) in [4.78, 5) is 27.7. The molecule has 0 radical (unpaired) electrons. The van der Waals surface area contributed by atoms with Gasteiger partial charge in [-0.15, -0.1) is 12.4 Å². The SMILES string of the molecule is CC(CN)C(=O)N1CCN(C(=O)C2CCCO2)CC1.Cl. The number of hydrogen-bond acceptors (Lipinski definition) is 4. The van der Waals surface area contributed by atoms with Gasteiger partial charge in [0.15, 0.2) is 0 Å². The Bertz CT molecular complexity index is 340. The zero-order chi connectivity index (χ0) is 13.8. The van der Waals surface area contributed by atoms with Gasteiger partial charge < -0.3 is 20.3 Å². The highest BCUT2D eigenvalue weighted by atomic mass is 35.5. The van der Waals surface area contributed by atoms with Crippen LogP contribution in [0.4, 0.5) is 0 Å². The predicted octanol–water partition coefficient (Wildman–Crippen LogP) is -0.147. The molecule has 20 heavy (non-hydrogen) atoms. The fourth-order valence-electron chi connectivity index (χ4n) is 2.54. The van der Waals surface area contributed by atoms with Crippen molar-refractivity contribution >= 4 is 24.2 Å². The summed E-state index contributed by atoms with van der Waals surface area (Å²) in [5.74, 6) is 0.0311. The molecule has 116 valence electrons. The van der Waals surface area contributed by atoms with Crippen molar-refractivity contribution < 1.29 is 14.3 Å². The summed E-state index contributed by atoms with van der Waals surface area (Å²) < 4.78 is 5.41. The van der Waals surface area contributed by atoms with Gasteiger partial charge in [0.05, 0.1) is 0 Å². The van der Waals surface area contributed by atoms with Gasteiger partial charge in [-0.1, -0.05) is 6.92 Å². The fraction of sp³-hybridized carbons (Fsp3) is 0.846. The third-order valence-corrected chi connectivity index (χ3v) is 3.88. The normalized spacial score (nSPS) is 24.2. The maximum Gasteiger partial charge on any atom is 0.251 e. The van der Waals surface area contributed by atoms with Crippen LogP contribution in [0.3, 0.4) is 0 Å². The summed E-state index contributed by atoms with van der Waals surface area (Å²) in [7, 11) is 0. The van der Waals surface area contributed by atoms with E-state index >= 15 is 0 Å². The second-order valence-corrected chi connectivity index (χ2v) is 5.29. The van der Waals surface area contributed by atoms with E-state index in [0.717, 1.165) is 12.8 Å². The maximum atomic E-state index is 12.1. The molecular formula is C13H24ClN3O3. The van der Waals surface area contributed by atoms with Gasteiger partial charge in [-0.25, -0.2) is 0 Å². The molecule has 2 N–H and O–H groups in total. The summed E-state index contributed by atoms with van der Waals surface area (Å²) in [5, 5.41) is 0. The molecule has 0 aliphatic carbocycles. The lowest BCUT2D eigenvalue weighted by Crippen LogP contribution is -2.54. The molecule has 2 rings (SSSR count). The molecule has 6 nitrogen and oxygen atoms in total. The number of ether oxygens (including phenoxy) is 1. The number of rotatable bonds is 3. The van der Waals surface area contributed by atoms with Crippen LogP contribution in [0.2, 0.25) is 0 Å². The van der Waals surface area contributed by atoms with Crippen molar-refractivity contribution in [1.29, 1.82) is 0 Å². The largest absolute Gasteiger partial charge is 0.368 e. The van der Waals surface area contributed by atoms with E-state index in [0.29, 0.717) is 39.3 Å². The van der Waals surface area contributed by atoms with E-state index in [4.69, 9.17) is 10.5 Å². The Balaban J connectivity index is 0.00000200. The summed E-state index contributed by atoms with van der Waals surface area (Å²) in [5.41, 5.74) is 5.51. The molecule has 2 amide bonds. The Labute approximate surface area is 126 Å². The Morgan fingerprint density at radius 2 is 1.85 bits per heavy atom. The molecule has 2 heterocycles. The molecule has 0 aromatic rings. The third kappa shape index (κ3) is 3.84. The molecule has 0 aromatic carbocycles. The van der Waals surface area contributed by atoms with Gasteiger partial charge in [-0.3, -0.25) is 9.59 Å². The van der Waals surface area contributed by atoms with Gasteiger partial charge in [0, 0.05) is 45.2 Å². The number of carbonyl (C=O) groups excluding carboxylic acids is 2. The molecule has 2 fully saturated rings. The van der Waals surface area contributed by atoms with E-state index in [1.54, 1.807) is 4.90 Å². The smallest absolute Gasteiger partial charge is 0.251 e. The summed E-state index contributed by atoms with van der Waals surface area (Å²) in [6.45, 7) is 5.29. The van der Waals surface area contributed by atoms with Crippen LogP contribution in [-0.2, 0) is 14.3 Å². The molecule has 0 spiro atoms. The van der Waals surface area contributed by atoms with Crippen LogP contribution in [0.1, 0.15) is 19.8 Å². The number of carbonyl (C=O) groups is 2. The van der Waals surface area contributed by atoms with E-state index in [1.165, 1.54) is 0 Å². The van der Waals surface area contributed by atoms with Crippen LogP contribution in [0.15, 0.2) is 0 Å². The lowest BCUT2D eigenvalue weighted by atomic mass is 10.1. The number of piperazine rings is 1. The van der Waals surface area contributed by atoms with E-state index < -0.39 is 0 Å². The summed E-state index contributed by atoms with van der Waals surface area (Å²) >= 11 is 0. The number of halogens is 1. The fourth-order valence-corrected chi connectivity index (χ4v) is 2.54. The minimum absolute atomic E-state index is 0. The standard InChI is InChI=1S/C13H23N3O3.ClH/c1-10(9-14)12(17)15-4-6-16(7-5-15)13(18)11-3-2-8-19-11;/h10-11H,2-9,14H2,1H3;1H. The topological polar surface area (TPSA) is 75.9 Å². The average molecular weight is 306 g/mol. The Kier molecular flexibility index (Phi) is 6.71. The first kappa shape index (κ1) is 17.2. The van der Waals surface area contributed by atoms with Crippen molar-refractivity contribution in [2.75, 3.05) is 39.3 Å². The summed E-state index contributed by atoms with van der Waals surface area (Å²) in [6, 6.07) is 0. The first-order valence-electron chi connectivity index (χ1n) is 7.02. The van der Waals surface area contributed by atoms with Gasteiger partial charge in [-0.2, -0.15) is 0 Å². The molecule has 2 atom stereocenters. The molecule has 0 saturated carbocycles. The highest BCUT2D eigenvalue weighted by Crippen LogP contribution is 2.16. The lowest BCUT2D eigenvalue weighted by Gasteiger charge is -2.36. The van der Waals surface area contributed by atoms with Crippen LogP contribution in [0.5, 0.6) is 0 Å². The van der Waals surface area contributed by atoms with E-state index in [2.05, 4.69) is 0 Å². The van der Waals surface area contributed by atoms with E-state index in [1.807, 2.05) is 11.8 Å². The number of nitrogens with zero attached hydrogens (tertiary/aromatic N) is 2. The molecule has 7 heteroatoms. The minimum Gasteiger partial charge on any atom is -0.368 e. The zero-order valence-electron chi connectivity index (χ0n) is 11.9. The monoisotopic (exact) mass is 305 g/mol. The van der Waals surface area contributed by atoms with Crippen molar-refractivity contribution in [3.8, 4) is 0 Å². The quantitative estimate of drug-likeness (QED) is 0.787. The molecule has 2 aliphatic heterocycles. The number of amides is 2. The van der Waals surface area contributed by atoms with Crippen LogP contribution in [0.25, 0.3) is 0 Å². The first-order valence-corrected chi connectivity index (χ1v) is 7.02. The Hall–Kier alpha value is -0.850. The van der Waals surface area contributed by atoms with Gasteiger partial charge in [0.25, 0.3) is 5.91 Å². The van der Waals surface area contributed by atoms with E-state index in [-0.39, 0.29) is 36.2 Å². The highest BCUT2D eigenvalue weighted by Gasteiger charge is 2.31. The molecule has 0 bridgehead atoms. The Morgan fingerprint density at radius 1 is 1.25 bits per heavy atom. The highest BCUT2D eigenvalue weighted by molar-refractivity contribution is 5.85. The average Bonchev–Trinajstić information content (AvgIpc) is 2.99. The Morgan fingerprint density at radius 3 is 2.35 bits per heavy atom. The van der Waals surface area contributed by atoms with Crippen molar-refractivity contribution in [3.05, 3.63) is 0 Å². The summed E-state index contributed by atoms with van der Waals surface area (Å²) in [6.07, 6.45) is 1.52. The van der Waals surface area contributed by atoms with Crippen molar-refractivity contribution in [2.24, 2.45) is 11.7 Å². The van der Waals surface area contributed by atoms with Gasteiger partial charge in [-0.05, 0) is 12.8 Å². The number of hydrogen-bond donors (Lipinski definition) is 1. The van der Waals surface area contributed by atoms with Crippen LogP contribution >= 0.6 is 12.4 Å². The lowest BCUT2D eigenvalue weighted by molar-refractivity contribution is -0.147. The second kappa shape index (κ2) is 7.81. The van der Waals surface area contributed by atoms with Crippen LogP contribution in [-0.4, -0.2) is 67.0 Å². The molecule has 0 aromatic heterocycles. The van der Waals surface area contributed by atoms with E-state index in [9.17, 15) is 9.59 Å².